The first kappa shape index (κ1) is 19.0. The topological polar surface area (TPSA) is 69.4 Å². The van der Waals surface area contributed by atoms with E-state index in [1.165, 1.54) is 10.5 Å². The van der Waals surface area contributed by atoms with Gasteiger partial charge in [0.1, 0.15) is 12.0 Å². The molecule has 4 fully saturated rings. The predicted molar refractivity (Wildman–Crippen MR) is 102 cm³/mol. The maximum atomic E-state index is 12.8. The summed E-state index contributed by atoms with van der Waals surface area (Å²) >= 11 is 0. The Morgan fingerprint density at radius 3 is 2.68 bits per heavy atom. The summed E-state index contributed by atoms with van der Waals surface area (Å²) < 4.78 is 17.5. The van der Waals surface area contributed by atoms with Crippen LogP contribution in [-0.4, -0.2) is 61.9 Å². The molecule has 0 aromatic rings. The van der Waals surface area contributed by atoms with E-state index in [0.29, 0.717) is 19.1 Å². The second kappa shape index (κ2) is 6.79. The van der Waals surface area contributed by atoms with Gasteiger partial charge in [0.05, 0.1) is 51.8 Å². The van der Waals surface area contributed by atoms with Gasteiger partial charge in [-0.1, -0.05) is 25.5 Å². The van der Waals surface area contributed by atoms with Crippen LogP contribution in [0.2, 0.25) is 0 Å². The van der Waals surface area contributed by atoms with Crippen molar-refractivity contribution in [3.63, 3.8) is 0 Å². The molecule has 0 unspecified atom stereocenters. The molecule has 6 nitrogen and oxygen atoms in total. The number of esters is 1. The van der Waals surface area contributed by atoms with Crippen LogP contribution in [0.1, 0.15) is 46.0 Å². The lowest BCUT2D eigenvalue weighted by molar-refractivity contribution is -0.911. The van der Waals surface area contributed by atoms with Crippen molar-refractivity contribution < 1.29 is 29.0 Å². The normalized spacial score (nSPS) is 45.5. The molecule has 6 heteroatoms. The molecule has 0 radical (unpaired) electrons. The third kappa shape index (κ3) is 2.79. The van der Waals surface area contributed by atoms with Gasteiger partial charge in [-0.2, -0.15) is 0 Å². The largest absolute Gasteiger partial charge is 0.461 e. The fraction of sp³-hybridized carbons (Fsp3) is 0.864. The van der Waals surface area contributed by atoms with Gasteiger partial charge in [0.2, 0.25) is 0 Å². The summed E-state index contributed by atoms with van der Waals surface area (Å²) in [7, 11) is 0. The molecule has 0 bridgehead atoms. The Labute approximate surface area is 167 Å². The van der Waals surface area contributed by atoms with E-state index in [-0.39, 0.29) is 35.1 Å². The monoisotopic (exact) mass is 392 g/mol. The van der Waals surface area contributed by atoms with Gasteiger partial charge in [0.15, 0.2) is 5.79 Å². The Kier molecular flexibility index (Phi) is 4.62. The molecule has 2 N–H and O–H groups in total. The van der Waals surface area contributed by atoms with E-state index < -0.39 is 6.10 Å². The van der Waals surface area contributed by atoms with Gasteiger partial charge in [0, 0.05) is 17.8 Å². The van der Waals surface area contributed by atoms with Crippen LogP contribution in [-0.2, 0) is 19.0 Å². The minimum Gasteiger partial charge on any atom is -0.461 e. The van der Waals surface area contributed by atoms with Crippen LogP contribution in [0.3, 0.4) is 0 Å². The summed E-state index contributed by atoms with van der Waals surface area (Å²) in [6.07, 6.45) is 6.34. The quantitative estimate of drug-likeness (QED) is 0.535. The van der Waals surface area contributed by atoms with E-state index in [1.54, 1.807) is 0 Å². The fourth-order valence-electron chi connectivity index (χ4n) is 6.58. The number of nitrogens with one attached hydrogen (secondary N) is 1. The third-order valence-corrected chi connectivity index (χ3v) is 8.61. The van der Waals surface area contributed by atoms with Crippen molar-refractivity contribution in [2.24, 2.45) is 23.2 Å². The Bertz CT molecular complexity index is 662. The highest BCUT2D eigenvalue weighted by atomic mass is 16.7. The zero-order chi connectivity index (χ0) is 19.5. The van der Waals surface area contributed by atoms with E-state index in [9.17, 15) is 9.90 Å². The number of rotatable bonds is 2. The van der Waals surface area contributed by atoms with Gasteiger partial charge in [-0.15, -0.1) is 0 Å². The number of ether oxygens (including phenoxy) is 3. The van der Waals surface area contributed by atoms with Crippen molar-refractivity contribution in [1.82, 2.24) is 0 Å². The van der Waals surface area contributed by atoms with Crippen molar-refractivity contribution in [2.45, 2.75) is 63.9 Å². The average molecular weight is 393 g/mol. The molecule has 0 aromatic carbocycles. The summed E-state index contributed by atoms with van der Waals surface area (Å²) in [4.78, 5) is 14.2. The zero-order valence-corrected chi connectivity index (χ0v) is 17.1. The number of likely N-dealkylation sites (tertiary alicyclic amines) is 1. The number of hydrogen-bond donors (Lipinski definition) is 2. The summed E-state index contributed by atoms with van der Waals surface area (Å²) in [5.74, 6) is -0.346. The standard InChI is InChI=1S/C22H33NO5/c1-14-4-3-5-15-12-17-18(19(24)21(14,15)2)16(20(25)28-17)13-23-8-6-22(7-9-23)26-10-11-27-22/h5,14,16-19,24H,3-4,6-13H2,1-2H3/p+1/t14-,16-,17+,18+,19-,21+/m0/s1. The molecule has 1 spiro atoms. The summed E-state index contributed by atoms with van der Waals surface area (Å²) in [5.41, 5.74) is 1.08. The van der Waals surface area contributed by atoms with Gasteiger partial charge in [0.25, 0.3) is 0 Å². The lowest BCUT2D eigenvalue weighted by Gasteiger charge is -2.51. The van der Waals surface area contributed by atoms with E-state index in [0.717, 1.165) is 51.7 Å². The smallest absolute Gasteiger partial charge is 0.315 e. The fourth-order valence-corrected chi connectivity index (χ4v) is 6.58. The Hall–Kier alpha value is -0.950. The molecule has 3 heterocycles. The number of aliphatic hydroxyl groups is 1. The van der Waals surface area contributed by atoms with Crippen LogP contribution in [0.25, 0.3) is 0 Å². The third-order valence-electron chi connectivity index (χ3n) is 8.61. The van der Waals surface area contributed by atoms with Crippen LogP contribution in [0.4, 0.5) is 0 Å². The zero-order valence-electron chi connectivity index (χ0n) is 17.1. The minimum absolute atomic E-state index is 0.0856. The first-order chi connectivity index (χ1) is 13.4. The number of hydrogen-bond acceptors (Lipinski definition) is 5. The molecule has 28 heavy (non-hydrogen) atoms. The number of piperidine rings is 1. The van der Waals surface area contributed by atoms with Crippen molar-refractivity contribution in [2.75, 3.05) is 32.8 Å². The maximum absolute atomic E-state index is 12.8. The summed E-state index contributed by atoms with van der Waals surface area (Å²) in [5, 5.41) is 11.5. The second-order valence-electron chi connectivity index (χ2n) is 9.86. The van der Waals surface area contributed by atoms with Gasteiger partial charge in [-0.05, 0) is 18.8 Å². The molecular weight excluding hydrogens is 358 g/mol. The number of carbonyl (C=O) groups excluding carboxylic acids is 1. The average Bonchev–Trinajstić information content (AvgIpc) is 3.25. The maximum Gasteiger partial charge on any atom is 0.315 e. The van der Waals surface area contributed by atoms with E-state index >= 15 is 0 Å². The summed E-state index contributed by atoms with van der Waals surface area (Å²) in [6, 6.07) is 0. The number of aliphatic hydroxyl groups excluding tert-OH is 1. The highest BCUT2D eigenvalue weighted by molar-refractivity contribution is 5.76. The van der Waals surface area contributed by atoms with Crippen molar-refractivity contribution in [3.8, 4) is 0 Å². The number of allylic oxidation sites excluding steroid dienone is 1. The molecular formula is C22H34NO5+. The van der Waals surface area contributed by atoms with Crippen LogP contribution in [0.5, 0.6) is 0 Å². The molecule has 156 valence electrons. The Morgan fingerprint density at radius 1 is 1.25 bits per heavy atom. The van der Waals surface area contributed by atoms with Gasteiger partial charge in [-0.3, -0.25) is 4.79 Å². The van der Waals surface area contributed by atoms with Gasteiger partial charge >= 0.3 is 5.97 Å². The molecule has 6 atom stereocenters. The van der Waals surface area contributed by atoms with Gasteiger partial charge in [-0.25, -0.2) is 0 Å². The number of carbonyl (C=O) groups is 1. The molecule has 1 saturated carbocycles. The molecule has 0 amide bonds. The van der Waals surface area contributed by atoms with Crippen molar-refractivity contribution in [3.05, 3.63) is 11.6 Å². The number of quaternary nitrogens is 1. The molecule has 3 aliphatic heterocycles. The highest BCUT2D eigenvalue weighted by Crippen LogP contribution is 2.55. The summed E-state index contributed by atoms with van der Waals surface area (Å²) in [6.45, 7) is 8.46. The van der Waals surface area contributed by atoms with Crippen LogP contribution >= 0.6 is 0 Å². The lowest BCUT2D eigenvalue weighted by Crippen LogP contribution is -3.14. The van der Waals surface area contributed by atoms with Crippen LogP contribution in [0, 0.1) is 23.2 Å². The molecule has 5 rings (SSSR count). The molecule has 3 saturated heterocycles. The van der Waals surface area contributed by atoms with Crippen molar-refractivity contribution >= 4 is 5.97 Å². The van der Waals surface area contributed by atoms with E-state index in [1.807, 2.05) is 0 Å². The lowest BCUT2D eigenvalue weighted by atomic mass is 9.55. The van der Waals surface area contributed by atoms with Crippen molar-refractivity contribution in [1.29, 1.82) is 0 Å². The van der Waals surface area contributed by atoms with E-state index in [4.69, 9.17) is 14.2 Å². The minimum atomic E-state index is -0.513. The SMILES string of the molecule is C[C@H]1CCC=C2C[C@H]3OC(=O)[C@@H](C[NH+]4CCC5(CC4)OCCO5)[C@H]3[C@H](O)[C@@]21C. The molecule has 2 aliphatic carbocycles. The Balaban J connectivity index is 1.31. The van der Waals surface area contributed by atoms with Crippen LogP contribution < -0.4 is 4.90 Å². The number of fused-ring (bicyclic) bond motifs is 2. The second-order valence-corrected chi connectivity index (χ2v) is 9.86. The first-order valence-corrected chi connectivity index (χ1v) is 11.1. The van der Waals surface area contributed by atoms with Gasteiger partial charge < -0.3 is 24.2 Å². The van der Waals surface area contributed by atoms with E-state index in [2.05, 4.69) is 19.9 Å². The molecule has 0 aromatic heterocycles. The highest BCUT2D eigenvalue weighted by Gasteiger charge is 2.60. The predicted octanol–water partition coefficient (Wildman–Crippen LogP) is 0.693. The van der Waals surface area contributed by atoms with Crippen LogP contribution in [0.15, 0.2) is 11.6 Å². The first-order valence-electron chi connectivity index (χ1n) is 11.1. The Morgan fingerprint density at radius 2 is 1.96 bits per heavy atom. The molecule has 5 aliphatic rings.